The molecule has 0 saturated heterocycles. The van der Waals surface area contributed by atoms with E-state index in [9.17, 15) is 18.0 Å². The monoisotopic (exact) mass is 302 g/mol. The van der Waals surface area contributed by atoms with Crippen LogP contribution < -0.4 is 4.90 Å². The molecule has 0 atom stereocenters. The van der Waals surface area contributed by atoms with E-state index in [2.05, 4.69) is 15.2 Å². The van der Waals surface area contributed by atoms with Gasteiger partial charge in [-0.05, 0) is 12.1 Å². The predicted molar refractivity (Wildman–Crippen MR) is 66.3 cm³/mol. The molecule has 0 aromatic carbocycles. The fraction of sp³-hybridized carbons (Fsp3) is 0.273. The Hall–Kier alpha value is -2.03. The minimum Gasteiger partial charge on any atom is -0.289 e. The lowest BCUT2D eigenvalue weighted by molar-refractivity contribution is -0.141. The van der Waals surface area contributed by atoms with Gasteiger partial charge in [0.2, 0.25) is 11.0 Å². The number of amides is 1. The number of hydrogen-bond acceptors (Lipinski definition) is 5. The molecule has 0 spiro atoms. The van der Waals surface area contributed by atoms with E-state index in [1.165, 1.54) is 29.6 Å². The number of rotatable bonds is 3. The van der Waals surface area contributed by atoms with Gasteiger partial charge in [0.1, 0.15) is 11.2 Å². The highest BCUT2D eigenvalue weighted by Crippen LogP contribution is 2.27. The Kier molecular flexibility index (Phi) is 3.98. The molecule has 0 aliphatic heterocycles. The van der Waals surface area contributed by atoms with Crippen LogP contribution in [-0.4, -0.2) is 28.1 Å². The molecule has 0 N–H and O–H groups in total. The maximum absolute atomic E-state index is 12.5. The maximum atomic E-state index is 12.5. The van der Waals surface area contributed by atoms with Crippen LogP contribution >= 0.6 is 11.3 Å². The first kappa shape index (κ1) is 14.4. The number of nitrogens with zero attached hydrogens (tertiary/aromatic N) is 4. The van der Waals surface area contributed by atoms with Gasteiger partial charge in [-0.25, -0.2) is 4.98 Å². The number of alkyl halides is 3. The number of carbonyl (C=O) groups is 1. The molecule has 9 heteroatoms. The number of halogens is 3. The number of pyridine rings is 1. The van der Waals surface area contributed by atoms with Crippen LogP contribution in [0.4, 0.5) is 18.3 Å². The average molecular weight is 302 g/mol. The van der Waals surface area contributed by atoms with Gasteiger partial charge in [-0.2, -0.15) is 13.2 Å². The minimum absolute atomic E-state index is 0.0567. The predicted octanol–water partition coefficient (Wildman–Crippen LogP) is 2.16. The standard InChI is InChI=1S/C11H9F3N4OS/c1-18(10-17-15-6-20-10)9(19)5-7-3-2-4-8(16-7)11(12,13)14/h2-4,6H,5H2,1H3. The molecule has 2 heterocycles. The van der Waals surface area contributed by atoms with Gasteiger partial charge in [-0.15, -0.1) is 10.2 Å². The molecule has 20 heavy (non-hydrogen) atoms. The Morgan fingerprint density at radius 2 is 2.15 bits per heavy atom. The van der Waals surface area contributed by atoms with Crippen molar-refractivity contribution in [3.05, 3.63) is 35.1 Å². The molecular weight excluding hydrogens is 293 g/mol. The van der Waals surface area contributed by atoms with Gasteiger partial charge in [0.15, 0.2) is 0 Å². The van der Waals surface area contributed by atoms with Crippen molar-refractivity contribution < 1.29 is 18.0 Å². The van der Waals surface area contributed by atoms with Crippen LogP contribution in [0.1, 0.15) is 11.4 Å². The Labute approximate surface area is 116 Å². The Bertz CT molecular complexity index is 600. The van der Waals surface area contributed by atoms with Crippen molar-refractivity contribution >= 4 is 22.4 Å². The normalized spacial score (nSPS) is 11.4. The van der Waals surface area contributed by atoms with E-state index < -0.39 is 17.8 Å². The molecule has 106 valence electrons. The van der Waals surface area contributed by atoms with Crippen molar-refractivity contribution in [2.24, 2.45) is 0 Å². The van der Waals surface area contributed by atoms with Crippen LogP contribution in [0.2, 0.25) is 0 Å². The summed E-state index contributed by atoms with van der Waals surface area (Å²) in [6, 6.07) is 3.47. The van der Waals surface area contributed by atoms with Crippen LogP contribution in [0.3, 0.4) is 0 Å². The first-order chi connectivity index (χ1) is 9.38. The largest absolute Gasteiger partial charge is 0.433 e. The summed E-state index contributed by atoms with van der Waals surface area (Å²) < 4.78 is 37.5. The summed E-state index contributed by atoms with van der Waals surface area (Å²) in [4.78, 5) is 16.6. The van der Waals surface area contributed by atoms with E-state index in [0.29, 0.717) is 5.13 Å². The lowest BCUT2D eigenvalue weighted by atomic mass is 10.2. The summed E-state index contributed by atoms with van der Waals surface area (Å²) in [6.45, 7) is 0. The lowest BCUT2D eigenvalue weighted by Gasteiger charge is -2.13. The summed E-state index contributed by atoms with van der Waals surface area (Å²) in [5, 5.41) is 7.68. The molecule has 1 amide bonds. The first-order valence-corrected chi connectivity index (χ1v) is 6.32. The molecule has 0 aliphatic carbocycles. The molecule has 5 nitrogen and oxygen atoms in total. The van der Waals surface area contributed by atoms with E-state index in [4.69, 9.17) is 0 Å². The van der Waals surface area contributed by atoms with Crippen LogP contribution in [0.15, 0.2) is 23.7 Å². The van der Waals surface area contributed by atoms with Gasteiger partial charge >= 0.3 is 6.18 Å². The minimum atomic E-state index is -4.52. The molecule has 0 unspecified atom stereocenters. The smallest absolute Gasteiger partial charge is 0.289 e. The zero-order valence-electron chi connectivity index (χ0n) is 10.3. The summed E-state index contributed by atoms with van der Waals surface area (Å²) in [6.07, 6.45) is -4.76. The van der Waals surface area contributed by atoms with Gasteiger partial charge < -0.3 is 0 Å². The average Bonchev–Trinajstić information content (AvgIpc) is 2.91. The van der Waals surface area contributed by atoms with E-state index in [1.807, 2.05) is 0 Å². The molecular formula is C11H9F3N4OS. The third kappa shape index (κ3) is 3.29. The summed E-state index contributed by atoms with van der Waals surface area (Å²) in [5.41, 5.74) is 0.504. The van der Waals surface area contributed by atoms with E-state index >= 15 is 0 Å². The highest BCUT2D eigenvalue weighted by Gasteiger charge is 2.32. The number of anilines is 1. The van der Waals surface area contributed by atoms with Gasteiger partial charge in [0.05, 0.1) is 12.1 Å². The molecule has 2 aromatic heterocycles. The van der Waals surface area contributed by atoms with E-state index in [0.717, 1.165) is 17.4 Å². The van der Waals surface area contributed by atoms with Gasteiger partial charge in [-0.1, -0.05) is 17.4 Å². The van der Waals surface area contributed by atoms with Crippen molar-refractivity contribution in [1.82, 2.24) is 15.2 Å². The van der Waals surface area contributed by atoms with Crippen LogP contribution in [0.5, 0.6) is 0 Å². The second-order valence-corrected chi connectivity index (χ2v) is 4.67. The van der Waals surface area contributed by atoms with Gasteiger partial charge in [0, 0.05) is 7.05 Å². The van der Waals surface area contributed by atoms with Crippen molar-refractivity contribution in [2.45, 2.75) is 12.6 Å². The molecule has 0 saturated carbocycles. The fourth-order valence-electron chi connectivity index (χ4n) is 1.43. The zero-order valence-corrected chi connectivity index (χ0v) is 11.1. The highest BCUT2D eigenvalue weighted by molar-refractivity contribution is 7.13. The number of aromatic nitrogens is 3. The molecule has 0 radical (unpaired) electrons. The third-order valence-electron chi connectivity index (χ3n) is 2.44. The van der Waals surface area contributed by atoms with Gasteiger partial charge in [0.25, 0.3) is 0 Å². The first-order valence-electron chi connectivity index (χ1n) is 5.44. The van der Waals surface area contributed by atoms with Crippen molar-refractivity contribution in [1.29, 1.82) is 0 Å². The quantitative estimate of drug-likeness (QED) is 0.872. The molecule has 0 aliphatic rings. The number of likely N-dealkylation sites (N-methyl/N-ethyl adjacent to an activating group) is 1. The SMILES string of the molecule is CN(C(=O)Cc1cccc(C(F)(F)F)n1)c1nncs1. The third-order valence-corrected chi connectivity index (χ3v) is 3.21. The summed E-state index contributed by atoms with van der Waals surface area (Å²) in [7, 11) is 1.48. The maximum Gasteiger partial charge on any atom is 0.433 e. The molecule has 0 bridgehead atoms. The summed E-state index contributed by atoms with van der Waals surface area (Å²) in [5.74, 6) is -0.409. The van der Waals surface area contributed by atoms with E-state index in [-0.39, 0.29) is 12.1 Å². The highest BCUT2D eigenvalue weighted by atomic mass is 32.1. The van der Waals surface area contributed by atoms with Crippen LogP contribution in [0.25, 0.3) is 0 Å². The fourth-order valence-corrected chi connectivity index (χ4v) is 1.97. The van der Waals surface area contributed by atoms with Crippen molar-refractivity contribution in [2.75, 3.05) is 11.9 Å². The molecule has 0 fully saturated rings. The van der Waals surface area contributed by atoms with Crippen LogP contribution in [-0.2, 0) is 17.4 Å². The Morgan fingerprint density at radius 1 is 1.40 bits per heavy atom. The molecule has 2 aromatic rings. The van der Waals surface area contributed by atoms with Gasteiger partial charge in [-0.3, -0.25) is 9.69 Å². The van der Waals surface area contributed by atoms with Crippen molar-refractivity contribution in [3.8, 4) is 0 Å². The second-order valence-electron chi connectivity index (χ2n) is 3.86. The number of carbonyl (C=O) groups excluding carboxylic acids is 1. The summed E-state index contributed by atoms with van der Waals surface area (Å²) >= 11 is 1.16. The Balaban J connectivity index is 2.12. The lowest BCUT2D eigenvalue weighted by Crippen LogP contribution is -2.28. The number of hydrogen-bond donors (Lipinski definition) is 0. The molecule has 2 rings (SSSR count). The topological polar surface area (TPSA) is 59.0 Å². The van der Waals surface area contributed by atoms with E-state index in [1.54, 1.807) is 0 Å². The van der Waals surface area contributed by atoms with Crippen LogP contribution in [0, 0.1) is 0 Å². The Morgan fingerprint density at radius 3 is 2.75 bits per heavy atom. The zero-order chi connectivity index (χ0) is 14.8. The van der Waals surface area contributed by atoms with Crippen molar-refractivity contribution in [3.63, 3.8) is 0 Å². The second kappa shape index (κ2) is 5.53.